The van der Waals surface area contributed by atoms with Gasteiger partial charge in [0, 0.05) is 16.7 Å². The smallest absolute Gasteiger partial charge is 0.0571 e. The van der Waals surface area contributed by atoms with Gasteiger partial charge < -0.3 is 5.32 Å². The fourth-order valence-electron chi connectivity index (χ4n) is 0.791. The average molecular weight is 215 g/mol. The van der Waals surface area contributed by atoms with Crippen LogP contribution in [0.1, 0.15) is 18.7 Å². The van der Waals surface area contributed by atoms with Crippen molar-refractivity contribution in [3.63, 3.8) is 0 Å². The van der Waals surface area contributed by atoms with E-state index in [9.17, 15) is 0 Å². The highest BCUT2D eigenvalue weighted by molar-refractivity contribution is 9.10. The van der Waals surface area contributed by atoms with Crippen molar-refractivity contribution < 1.29 is 0 Å². The lowest BCUT2D eigenvalue weighted by atomic mass is 10.2. The number of aromatic nitrogens is 1. The van der Waals surface area contributed by atoms with Gasteiger partial charge in [-0.1, -0.05) is 0 Å². The minimum atomic E-state index is 0.322. The zero-order chi connectivity index (χ0) is 8.27. The normalized spacial score (nSPS) is 13.0. The molecule has 0 unspecified atom stereocenters. The molecular weight excluding hydrogens is 204 g/mol. The van der Waals surface area contributed by atoms with E-state index in [-0.39, 0.29) is 0 Å². The van der Waals surface area contributed by atoms with E-state index in [0.717, 1.165) is 10.2 Å². The monoisotopic (exact) mass is 214 g/mol. The van der Waals surface area contributed by atoms with Gasteiger partial charge in [0.1, 0.15) is 0 Å². The Morgan fingerprint density at radius 2 is 2.27 bits per heavy atom. The van der Waals surface area contributed by atoms with Gasteiger partial charge in [-0.25, -0.2) is 0 Å². The molecule has 0 aromatic carbocycles. The SMILES string of the molecule is CN[C@@H](C)c1ccc(Br)cn1. The lowest BCUT2D eigenvalue weighted by molar-refractivity contribution is 0.632. The fourth-order valence-corrected chi connectivity index (χ4v) is 1.03. The van der Waals surface area contributed by atoms with Crippen LogP contribution in [0.25, 0.3) is 0 Å². The van der Waals surface area contributed by atoms with Crippen molar-refractivity contribution in [1.82, 2.24) is 10.3 Å². The van der Waals surface area contributed by atoms with Crippen LogP contribution in [0.3, 0.4) is 0 Å². The molecule has 1 aromatic heterocycles. The molecule has 60 valence electrons. The maximum atomic E-state index is 4.24. The molecule has 3 heteroatoms. The summed E-state index contributed by atoms with van der Waals surface area (Å²) >= 11 is 3.33. The van der Waals surface area contributed by atoms with Gasteiger partial charge in [0.05, 0.1) is 5.69 Å². The summed E-state index contributed by atoms with van der Waals surface area (Å²) in [5, 5.41) is 3.12. The van der Waals surface area contributed by atoms with E-state index in [1.54, 1.807) is 0 Å². The van der Waals surface area contributed by atoms with Crippen molar-refractivity contribution in [2.75, 3.05) is 7.05 Å². The molecule has 0 fully saturated rings. The predicted molar refractivity (Wildman–Crippen MR) is 49.4 cm³/mol. The molecule has 0 saturated carbocycles. The van der Waals surface area contributed by atoms with Gasteiger partial charge in [-0.05, 0) is 42.0 Å². The van der Waals surface area contributed by atoms with Crippen LogP contribution in [-0.2, 0) is 0 Å². The third-order valence-electron chi connectivity index (χ3n) is 1.63. The van der Waals surface area contributed by atoms with Gasteiger partial charge in [-0.15, -0.1) is 0 Å². The number of halogens is 1. The van der Waals surface area contributed by atoms with E-state index in [2.05, 4.69) is 33.2 Å². The molecule has 1 N–H and O–H groups in total. The number of hydrogen-bond donors (Lipinski definition) is 1. The summed E-state index contributed by atoms with van der Waals surface area (Å²) in [6.45, 7) is 2.08. The molecule has 0 aliphatic carbocycles. The standard InChI is InChI=1S/C8H11BrN2/c1-6(10-2)8-4-3-7(9)5-11-8/h3-6,10H,1-2H3/t6-/m0/s1. The van der Waals surface area contributed by atoms with Crippen molar-refractivity contribution in [3.8, 4) is 0 Å². The first-order valence-electron chi connectivity index (χ1n) is 3.52. The maximum absolute atomic E-state index is 4.24. The highest BCUT2D eigenvalue weighted by Crippen LogP contribution is 2.12. The van der Waals surface area contributed by atoms with Gasteiger partial charge in [0.2, 0.25) is 0 Å². The summed E-state index contributed by atoms with van der Waals surface area (Å²) in [6, 6.07) is 4.32. The van der Waals surface area contributed by atoms with E-state index in [4.69, 9.17) is 0 Å². The first-order valence-corrected chi connectivity index (χ1v) is 4.32. The second-order valence-electron chi connectivity index (χ2n) is 2.41. The molecule has 0 saturated heterocycles. The summed E-state index contributed by atoms with van der Waals surface area (Å²) in [5.41, 5.74) is 1.07. The second-order valence-corrected chi connectivity index (χ2v) is 3.33. The van der Waals surface area contributed by atoms with Gasteiger partial charge in [-0.3, -0.25) is 4.98 Å². The van der Waals surface area contributed by atoms with Crippen LogP contribution in [0.4, 0.5) is 0 Å². The van der Waals surface area contributed by atoms with E-state index in [0.29, 0.717) is 6.04 Å². The van der Waals surface area contributed by atoms with Crippen molar-refractivity contribution in [3.05, 3.63) is 28.5 Å². The number of hydrogen-bond acceptors (Lipinski definition) is 2. The zero-order valence-electron chi connectivity index (χ0n) is 6.63. The van der Waals surface area contributed by atoms with Crippen molar-refractivity contribution in [1.29, 1.82) is 0 Å². The van der Waals surface area contributed by atoms with Crippen LogP contribution in [0.2, 0.25) is 0 Å². The van der Waals surface area contributed by atoms with E-state index >= 15 is 0 Å². The molecule has 0 aliphatic heterocycles. The average Bonchev–Trinajstić information content (AvgIpc) is 2.05. The maximum Gasteiger partial charge on any atom is 0.0571 e. The Bertz CT molecular complexity index is 220. The summed E-state index contributed by atoms with van der Waals surface area (Å²) < 4.78 is 1.02. The predicted octanol–water partition coefficient (Wildman–Crippen LogP) is 2.12. The molecule has 0 aliphatic rings. The zero-order valence-corrected chi connectivity index (χ0v) is 8.22. The molecular formula is C8H11BrN2. The summed E-state index contributed by atoms with van der Waals surface area (Å²) in [4.78, 5) is 4.24. The van der Waals surface area contributed by atoms with Crippen LogP contribution in [0.5, 0.6) is 0 Å². The van der Waals surface area contributed by atoms with Crippen molar-refractivity contribution in [2.24, 2.45) is 0 Å². The third-order valence-corrected chi connectivity index (χ3v) is 2.10. The lowest BCUT2D eigenvalue weighted by Gasteiger charge is -2.08. The van der Waals surface area contributed by atoms with E-state index < -0.39 is 0 Å². The Labute approximate surface area is 75.2 Å². The Morgan fingerprint density at radius 1 is 1.55 bits per heavy atom. The van der Waals surface area contributed by atoms with Crippen LogP contribution in [0, 0.1) is 0 Å². The molecule has 11 heavy (non-hydrogen) atoms. The van der Waals surface area contributed by atoms with E-state index in [1.165, 1.54) is 0 Å². The van der Waals surface area contributed by atoms with Crippen molar-refractivity contribution in [2.45, 2.75) is 13.0 Å². The van der Waals surface area contributed by atoms with Gasteiger partial charge in [0.25, 0.3) is 0 Å². The lowest BCUT2D eigenvalue weighted by Crippen LogP contribution is -2.13. The first-order chi connectivity index (χ1) is 5.24. The van der Waals surface area contributed by atoms with Crippen LogP contribution in [0.15, 0.2) is 22.8 Å². The number of nitrogens with one attached hydrogen (secondary N) is 1. The highest BCUT2D eigenvalue weighted by atomic mass is 79.9. The molecule has 0 bridgehead atoms. The molecule has 1 atom stereocenters. The summed E-state index contributed by atoms with van der Waals surface area (Å²) in [5.74, 6) is 0. The summed E-state index contributed by atoms with van der Waals surface area (Å²) in [7, 11) is 1.92. The quantitative estimate of drug-likeness (QED) is 0.817. The number of pyridine rings is 1. The topological polar surface area (TPSA) is 24.9 Å². The third kappa shape index (κ3) is 2.27. The number of nitrogens with zero attached hydrogens (tertiary/aromatic N) is 1. The van der Waals surface area contributed by atoms with E-state index in [1.807, 2.05) is 25.4 Å². The van der Waals surface area contributed by atoms with Crippen molar-refractivity contribution >= 4 is 15.9 Å². The number of rotatable bonds is 2. The molecule has 0 spiro atoms. The minimum Gasteiger partial charge on any atom is -0.312 e. The largest absolute Gasteiger partial charge is 0.312 e. The van der Waals surface area contributed by atoms with Crippen LogP contribution in [-0.4, -0.2) is 12.0 Å². The Morgan fingerprint density at radius 3 is 2.73 bits per heavy atom. The highest BCUT2D eigenvalue weighted by Gasteiger charge is 2.01. The van der Waals surface area contributed by atoms with Crippen LogP contribution < -0.4 is 5.32 Å². The Hall–Kier alpha value is -0.410. The fraction of sp³-hybridized carbons (Fsp3) is 0.375. The van der Waals surface area contributed by atoms with Gasteiger partial charge >= 0.3 is 0 Å². The molecule has 0 amide bonds. The summed E-state index contributed by atoms with van der Waals surface area (Å²) in [6.07, 6.45) is 1.81. The first kappa shape index (κ1) is 8.68. The second kappa shape index (κ2) is 3.83. The molecule has 2 nitrogen and oxygen atoms in total. The Balaban J connectivity index is 2.81. The molecule has 1 heterocycles. The van der Waals surface area contributed by atoms with Gasteiger partial charge in [0.15, 0.2) is 0 Å². The minimum absolute atomic E-state index is 0.322. The van der Waals surface area contributed by atoms with Crippen LogP contribution >= 0.6 is 15.9 Å². The molecule has 0 radical (unpaired) electrons. The molecule has 1 rings (SSSR count). The Kier molecular flexibility index (Phi) is 3.02. The molecule has 1 aromatic rings. The van der Waals surface area contributed by atoms with Gasteiger partial charge in [-0.2, -0.15) is 0 Å².